The van der Waals surface area contributed by atoms with Crippen LogP contribution in [0.25, 0.3) is 0 Å². The molecule has 0 aliphatic carbocycles. The van der Waals surface area contributed by atoms with E-state index in [2.05, 4.69) is 121 Å². The molecule has 0 saturated carbocycles. The maximum absolute atomic E-state index is 13.9. The maximum atomic E-state index is 13.9. The zero-order valence-corrected chi connectivity index (χ0v) is 62.6. The molecule has 0 aromatic heterocycles. The molecule has 0 N–H and O–H groups in total. The van der Waals surface area contributed by atoms with E-state index in [-0.39, 0.29) is 77.6 Å². The molecule has 6 aromatic carbocycles. The lowest BCUT2D eigenvalue weighted by molar-refractivity contribution is 0.227. The number of rotatable bonds is 20. The van der Waals surface area contributed by atoms with Gasteiger partial charge in [-0.3, -0.25) is 0 Å². The molecule has 0 aliphatic heterocycles. The number of hydrogen-bond donors (Lipinski definition) is 0. The van der Waals surface area contributed by atoms with Gasteiger partial charge in [-0.15, -0.1) is 0 Å². The summed E-state index contributed by atoms with van der Waals surface area (Å²) < 4.78 is 101. The van der Waals surface area contributed by atoms with Gasteiger partial charge in [-0.1, -0.05) is 115 Å². The van der Waals surface area contributed by atoms with Crippen LogP contribution in [0.15, 0.2) is 72.8 Å². The van der Waals surface area contributed by atoms with Crippen molar-refractivity contribution < 1.29 is 50.4 Å². The summed E-state index contributed by atoms with van der Waals surface area (Å²) in [7, 11) is 0. The van der Waals surface area contributed by atoms with Crippen molar-refractivity contribution >= 4 is 0 Å². The predicted molar refractivity (Wildman–Crippen MR) is 380 cm³/mol. The van der Waals surface area contributed by atoms with Gasteiger partial charge >= 0.3 is 0 Å². The van der Waals surface area contributed by atoms with Crippen LogP contribution in [0.2, 0.25) is 0 Å². The van der Waals surface area contributed by atoms with E-state index in [1.807, 2.05) is 116 Å². The van der Waals surface area contributed by atoms with Gasteiger partial charge in [0, 0.05) is 12.1 Å². The van der Waals surface area contributed by atoms with Crippen molar-refractivity contribution in [1.29, 1.82) is 0 Å². The first-order valence-electron chi connectivity index (χ1n) is 33.7. The predicted octanol–water partition coefficient (Wildman–Crippen LogP) is 24.9. The summed E-state index contributed by atoms with van der Waals surface area (Å²) in [5.74, 6) is 3.25. The Morgan fingerprint density at radius 3 is 1.02 bits per heavy atom. The smallest absolute Gasteiger partial charge is 0.200 e. The highest BCUT2D eigenvalue weighted by Gasteiger charge is 2.19. The Morgan fingerprint density at radius 2 is 0.630 bits per heavy atom. The SMILES string of the molecule is CC(C)Oc1ccc(C(C)C)c(F)c1F.CCc1cc(OC(C)C)c(C)cc1C(C)C.CCc1cc(OC(C)C)cc(F)c1C(C)C.Cc1cc(C(C)C)c(C)cc1OC(C)C.Cc1cc(OC(C)C)c(F)cc1C(C)C.Cc1cc(OC(C)C)cc(F)c1C(C)C. The monoisotopic (exact) mass is 1280 g/mol. The maximum Gasteiger partial charge on any atom is 0.200 e. The van der Waals surface area contributed by atoms with E-state index in [1.54, 1.807) is 32.0 Å². The van der Waals surface area contributed by atoms with Crippen molar-refractivity contribution in [2.24, 2.45) is 0 Å². The van der Waals surface area contributed by atoms with Crippen LogP contribution in [-0.2, 0) is 12.8 Å². The van der Waals surface area contributed by atoms with Gasteiger partial charge in [0.25, 0.3) is 0 Å². The fraction of sp³-hybridized carbons (Fsp3) is 0.556. The van der Waals surface area contributed by atoms with Gasteiger partial charge in [0.05, 0.1) is 36.6 Å². The van der Waals surface area contributed by atoms with Crippen molar-refractivity contribution in [2.45, 2.75) is 300 Å². The van der Waals surface area contributed by atoms with Gasteiger partial charge in [0.1, 0.15) is 34.6 Å². The fourth-order valence-corrected chi connectivity index (χ4v) is 10.5. The third-order valence-electron chi connectivity index (χ3n) is 14.5. The molecule has 92 heavy (non-hydrogen) atoms. The minimum absolute atomic E-state index is 0.00352. The average Bonchev–Trinajstić information content (AvgIpc) is 0.933. The molecule has 0 fully saturated rings. The molecule has 0 bridgehead atoms. The number of hydrogen-bond acceptors (Lipinski definition) is 6. The zero-order valence-electron chi connectivity index (χ0n) is 62.6. The van der Waals surface area contributed by atoms with E-state index in [9.17, 15) is 22.0 Å². The third-order valence-corrected chi connectivity index (χ3v) is 14.5. The minimum atomic E-state index is -0.894. The quantitative estimate of drug-likeness (QED) is 0.0710. The van der Waals surface area contributed by atoms with E-state index >= 15 is 0 Å². The lowest BCUT2D eigenvalue weighted by Crippen LogP contribution is -2.08. The summed E-state index contributed by atoms with van der Waals surface area (Å²) in [6, 6.07) is 22.1. The van der Waals surface area contributed by atoms with Crippen LogP contribution >= 0.6 is 0 Å². The molecule has 0 spiro atoms. The number of aryl methyl sites for hydroxylation is 7. The van der Waals surface area contributed by atoms with E-state index < -0.39 is 11.6 Å². The molecular formula is C81H121F5O6. The molecule has 0 unspecified atom stereocenters. The van der Waals surface area contributed by atoms with Crippen LogP contribution < -0.4 is 28.4 Å². The van der Waals surface area contributed by atoms with Crippen LogP contribution in [0, 0.1) is 63.7 Å². The highest BCUT2D eigenvalue weighted by atomic mass is 19.2. The number of ether oxygens (including phenoxy) is 6. The topological polar surface area (TPSA) is 55.4 Å². The van der Waals surface area contributed by atoms with Crippen LogP contribution in [0.4, 0.5) is 22.0 Å². The first kappa shape index (κ1) is 83.8. The molecule has 516 valence electrons. The Morgan fingerprint density at radius 1 is 0.272 bits per heavy atom. The lowest BCUT2D eigenvalue weighted by Gasteiger charge is -2.18. The van der Waals surface area contributed by atoms with Gasteiger partial charge in [-0.2, -0.15) is 4.39 Å². The third kappa shape index (κ3) is 28.2. The van der Waals surface area contributed by atoms with Crippen molar-refractivity contribution in [3.05, 3.63) is 174 Å². The summed E-state index contributed by atoms with van der Waals surface area (Å²) in [4.78, 5) is 0. The summed E-state index contributed by atoms with van der Waals surface area (Å²) in [5, 5.41) is 0. The highest BCUT2D eigenvalue weighted by Crippen LogP contribution is 2.34. The number of benzene rings is 6. The first-order valence-corrected chi connectivity index (χ1v) is 33.7. The van der Waals surface area contributed by atoms with Gasteiger partial charge in [0.15, 0.2) is 23.1 Å². The fourth-order valence-electron chi connectivity index (χ4n) is 10.5. The Hall–Kier alpha value is -6.23. The molecule has 0 amide bonds. The van der Waals surface area contributed by atoms with Crippen LogP contribution in [0.3, 0.4) is 0 Å². The molecule has 0 heterocycles. The molecule has 0 radical (unpaired) electrons. The zero-order chi connectivity index (χ0) is 70.9. The van der Waals surface area contributed by atoms with Gasteiger partial charge in [-0.05, 0) is 281 Å². The van der Waals surface area contributed by atoms with Gasteiger partial charge in [0.2, 0.25) is 5.82 Å². The first-order chi connectivity index (χ1) is 42.6. The summed E-state index contributed by atoms with van der Waals surface area (Å²) in [6.07, 6.45) is 2.39. The van der Waals surface area contributed by atoms with Crippen molar-refractivity contribution in [3.63, 3.8) is 0 Å². The Balaban J connectivity index is 0.000000552. The largest absolute Gasteiger partial charge is 0.491 e. The van der Waals surface area contributed by atoms with Crippen molar-refractivity contribution in [3.8, 4) is 34.5 Å². The van der Waals surface area contributed by atoms with Crippen LogP contribution in [-0.4, -0.2) is 36.6 Å². The molecule has 0 saturated heterocycles. The molecule has 6 aromatic rings. The number of halogens is 5. The summed E-state index contributed by atoms with van der Waals surface area (Å²) in [6.45, 7) is 62.6. The normalized spacial score (nSPS) is 11.2. The molecule has 0 atom stereocenters. The Kier molecular flexibility index (Phi) is 36.5. The van der Waals surface area contributed by atoms with E-state index in [0.717, 1.165) is 57.7 Å². The molecule has 6 nitrogen and oxygen atoms in total. The van der Waals surface area contributed by atoms with Crippen molar-refractivity contribution in [2.75, 3.05) is 0 Å². The van der Waals surface area contributed by atoms with E-state index in [1.165, 1.54) is 51.6 Å². The molecule has 11 heteroatoms. The van der Waals surface area contributed by atoms with Crippen LogP contribution in [0.5, 0.6) is 34.5 Å². The minimum Gasteiger partial charge on any atom is -0.491 e. The second kappa shape index (κ2) is 40.1. The average molecular weight is 1290 g/mol. The Bertz CT molecular complexity index is 3050. The highest BCUT2D eigenvalue weighted by molar-refractivity contribution is 5.45. The summed E-state index contributed by atoms with van der Waals surface area (Å²) >= 11 is 0. The Labute approximate surface area is 556 Å². The standard InChI is InChI=1S/C15H24O.C14H21FO.C14H22O.2C13H19FO.C12H16F2O/c1-7-13-9-15(16-11(4)5)12(6)8-14(13)10(2)3;1-6-11-7-12(16-10(4)5)8-13(15)14(11)9(2)3;1-9(2)13-7-12(6)14(8-11(13)5)15-10(3)4;1-8(2)11-7-12(14)13(6-10(11)5)15-9(3)4;1-8(2)13-10(5)6-11(7-12(13)14)15-9(3)4;1-7(2)9-5-6-10(15-8(3)4)12(14)11(9)13/h8-11H,7H2,1-6H3;7-10H,6H2,1-5H3;7-10H,1-6H3;2*6-9H,1-5H3;5-8H,1-4H3. The second-order valence-electron chi connectivity index (χ2n) is 27.5. The molecular weight excluding hydrogens is 1160 g/mol. The molecule has 0 aliphatic rings. The lowest BCUT2D eigenvalue weighted by atomic mass is 9.93. The van der Waals surface area contributed by atoms with E-state index in [0.29, 0.717) is 40.6 Å². The molecule has 6 rings (SSSR count). The van der Waals surface area contributed by atoms with Gasteiger partial charge < -0.3 is 28.4 Å². The van der Waals surface area contributed by atoms with E-state index in [4.69, 9.17) is 28.4 Å². The summed E-state index contributed by atoms with van der Waals surface area (Å²) in [5.41, 5.74) is 14.2. The second-order valence-corrected chi connectivity index (χ2v) is 27.5. The van der Waals surface area contributed by atoms with Gasteiger partial charge in [-0.25, -0.2) is 17.6 Å². The van der Waals surface area contributed by atoms with Crippen molar-refractivity contribution in [1.82, 2.24) is 0 Å². The van der Waals surface area contributed by atoms with Crippen LogP contribution in [0.1, 0.15) is 288 Å².